The molecular weight excluding hydrogens is 236 g/mol. The second-order valence-electron chi connectivity index (χ2n) is 6.23. The summed E-state index contributed by atoms with van der Waals surface area (Å²) in [5, 5.41) is 3.57. The molecule has 1 atom stereocenters. The van der Waals surface area contributed by atoms with Gasteiger partial charge in [0.15, 0.2) is 0 Å². The zero-order valence-electron chi connectivity index (χ0n) is 12.5. The Bertz CT molecular complexity index is 270. The van der Waals surface area contributed by atoms with Crippen molar-refractivity contribution in [3.8, 4) is 0 Å². The Labute approximate surface area is 118 Å². The number of rotatable bonds is 8. The molecule has 2 aliphatic rings. The normalized spacial score (nSPS) is 23.3. The molecule has 1 aliphatic carbocycles. The van der Waals surface area contributed by atoms with Crippen LogP contribution in [0, 0.1) is 0 Å². The second kappa shape index (κ2) is 7.88. The van der Waals surface area contributed by atoms with Gasteiger partial charge in [0, 0.05) is 25.0 Å². The van der Waals surface area contributed by atoms with Crippen LogP contribution in [0.1, 0.15) is 71.1 Å². The standard InChI is InChI=1S/C16H30N2O/c1-2-3-4-5-9-16(19)18(15-10-11-15)13-14-8-6-7-12-17-14/h14-15,17H,2-13H2,1H3. The predicted molar refractivity (Wildman–Crippen MR) is 79.1 cm³/mol. The Morgan fingerprint density at radius 3 is 2.63 bits per heavy atom. The summed E-state index contributed by atoms with van der Waals surface area (Å²) in [5.74, 6) is 0.408. The van der Waals surface area contributed by atoms with Crippen molar-refractivity contribution in [3.63, 3.8) is 0 Å². The lowest BCUT2D eigenvalue weighted by molar-refractivity contribution is -0.132. The molecule has 1 aliphatic heterocycles. The molecular formula is C16H30N2O. The third kappa shape index (κ3) is 5.13. The zero-order valence-corrected chi connectivity index (χ0v) is 12.5. The van der Waals surface area contributed by atoms with E-state index in [0.29, 0.717) is 18.0 Å². The highest BCUT2D eigenvalue weighted by Gasteiger charge is 2.33. The van der Waals surface area contributed by atoms with Crippen LogP contribution in [0.15, 0.2) is 0 Å². The van der Waals surface area contributed by atoms with Gasteiger partial charge in [-0.15, -0.1) is 0 Å². The van der Waals surface area contributed by atoms with Gasteiger partial charge < -0.3 is 10.2 Å². The van der Waals surface area contributed by atoms with Crippen molar-refractivity contribution in [3.05, 3.63) is 0 Å². The van der Waals surface area contributed by atoms with Crippen LogP contribution in [0.5, 0.6) is 0 Å². The van der Waals surface area contributed by atoms with Gasteiger partial charge in [-0.3, -0.25) is 4.79 Å². The van der Waals surface area contributed by atoms with E-state index in [1.165, 1.54) is 51.4 Å². The minimum atomic E-state index is 0.408. The van der Waals surface area contributed by atoms with Crippen molar-refractivity contribution in [1.29, 1.82) is 0 Å². The fourth-order valence-corrected chi connectivity index (χ4v) is 3.00. The van der Waals surface area contributed by atoms with E-state index in [-0.39, 0.29) is 0 Å². The molecule has 110 valence electrons. The molecule has 0 bridgehead atoms. The van der Waals surface area contributed by atoms with Gasteiger partial charge >= 0.3 is 0 Å². The summed E-state index contributed by atoms with van der Waals surface area (Å²) < 4.78 is 0. The van der Waals surface area contributed by atoms with E-state index >= 15 is 0 Å². The molecule has 2 fully saturated rings. The van der Waals surface area contributed by atoms with E-state index in [1.54, 1.807) is 0 Å². The van der Waals surface area contributed by atoms with Gasteiger partial charge in [0.25, 0.3) is 0 Å². The minimum absolute atomic E-state index is 0.408. The molecule has 1 N–H and O–H groups in total. The first-order valence-electron chi connectivity index (χ1n) is 8.34. The summed E-state index contributed by atoms with van der Waals surface area (Å²) in [6.45, 7) is 4.30. The topological polar surface area (TPSA) is 32.3 Å². The number of unbranched alkanes of at least 4 members (excludes halogenated alkanes) is 3. The minimum Gasteiger partial charge on any atom is -0.338 e. The Morgan fingerprint density at radius 2 is 2.00 bits per heavy atom. The first-order chi connectivity index (χ1) is 9.31. The summed E-state index contributed by atoms with van der Waals surface area (Å²) in [4.78, 5) is 14.5. The maximum Gasteiger partial charge on any atom is 0.222 e. The zero-order chi connectivity index (χ0) is 13.5. The quantitative estimate of drug-likeness (QED) is 0.685. The van der Waals surface area contributed by atoms with Gasteiger partial charge in [-0.1, -0.05) is 32.6 Å². The van der Waals surface area contributed by atoms with Crippen LogP contribution in [0.3, 0.4) is 0 Å². The Morgan fingerprint density at radius 1 is 1.16 bits per heavy atom. The van der Waals surface area contributed by atoms with Crippen molar-refractivity contribution >= 4 is 5.91 Å². The van der Waals surface area contributed by atoms with Crippen molar-refractivity contribution in [2.75, 3.05) is 13.1 Å². The number of hydrogen-bond acceptors (Lipinski definition) is 2. The highest BCUT2D eigenvalue weighted by atomic mass is 16.2. The number of hydrogen-bond donors (Lipinski definition) is 1. The molecule has 1 saturated heterocycles. The average molecular weight is 266 g/mol. The van der Waals surface area contributed by atoms with Gasteiger partial charge in [0.1, 0.15) is 0 Å². The predicted octanol–water partition coefficient (Wildman–Crippen LogP) is 3.09. The number of piperidine rings is 1. The molecule has 1 amide bonds. The molecule has 3 nitrogen and oxygen atoms in total. The number of carbonyl (C=O) groups is 1. The molecule has 19 heavy (non-hydrogen) atoms. The molecule has 1 unspecified atom stereocenters. The Hall–Kier alpha value is -0.570. The third-order valence-corrected chi connectivity index (χ3v) is 4.38. The van der Waals surface area contributed by atoms with E-state index < -0.39 is 0 Å². The summed E-state index contributed by atoms with van der Waals surface area (Å²) in [6, 6.07) is 1.12. The lowest BCUT2D eigenvalue weighted by Gasteiger charge is -2.31. The van der Waals surface area contributed by atoms with Crippen LogP contribution in [-0.4, -0.2) is 36.0 Å². The average Bonchev–Trinajstić information content (AvgIpc) is 3.26. The van der Waals surface area contributed by atoms with Crippen molar-refractivity contribution in [2.45, 2.75) is 83.2 Å². The monoisotopic (exact) mass is 266 g/mol. The second-order valence-corrected chi connectivity index (χ2v) is 6.23. The van der Waals surface area contributed by atoms with Crippen LogP contribution in [0.25, 0.3) is 0 Å². The molecule has 1 saturated carbocycles. The van der Waals surface area contributed by atoms with Crippen LogP contribution in [0.4, 0.5) is 0 Å². The lowest BCUT2D eigenvalue weighted by Crippen LogP contribution is -2.46. The molecule has 0 aromatic carbocycles. The Balaban J connectivity index is 1.73. The maximum atomic E-state index is 12.4. The molecule has 0 aromatic rings. The van der Waals surface area contributed by atoms with Crippen LogP contribution in [0.2, 0.25) is 0 Å². The fourth-order valence-electron chi connectivity index (χ4n) is 3.00. The summed E-state index contributed by atoms with van der Waals surface area (Å²) in [5.41, 5.74) is 0. The molecule has 1 heterocycles. The van der Waals surface area contributed by atoms with Crippen molar-refractivity contribution in [1.82, 2.24) is 10.2 Å². The van der Waals surface area contributed by atoms with Crippen LogP contribution in [-0.2, 0) is 4.79 Å². The van der Waals surface area contributed by atoms with Crippen LogP contribution < -0.4 is 5.32 Å². The first kappa shape index (κ1) is 14.8. The van der Waals surface area contributed by atoms with Gasteiger partial charge in [-0.25, -0.2) is 0 Å². The number of amides is 1. The SMILES string of the molecule is CCCCCCC(=O)N(CC1CCCCN1)C1CC1. The van der Waals surface area contributed by atoms with E-state index in [2.05, 4.69) is 17.1 Å². The van der Waals surface area contributed by atoms with E-state index in [4.69, 9.17) is 0 Å². The van der Waals surface area contributed by atoms with E-state index in [0.717, 1.165) is 25.9 Å². The van der Waals surface area contributed by atoms with Gasteiger partial charge in [-0.05, 0) is 38.6 Å². The van der Waals surface area contributed by atoms with Gasteiger partial charge in [0.05, 0.1) is 0 Å². The molecule has 2 rings (SSSR count). The lowest BCUT2D eigenvalue weighted by atomic mass is 10.0. The highest BCUT2D eigenvalue weighted by Crippen LogP contribution is 2.28. The maximum absolute atomic E-state index is 12.4. The molecule has 0 aromatic heterocycles. The number of nitrogens with one attached hydrogen (secondary N) is 1. The van der Waals surface area contributed by atoms with Gasteiger partial charge in [-0.2, -0.15) is 0 Å². The van der Waals surface area contributed by atoms with E-state index in [9.17, 15) is 4.79 Å². The van der Waals surface area contributed by atoms with Crippen molar-refractivity contribution < 1.29 is 4.79 Å². The number of nitrogens with zero attached hydrogens (tertiary/aromatic N) is 1. The third-order valence-electron chi connectivity index (χ3n) is 4.38. The number of carbonyl (C=O) groups excluding carboxylic acids is 1. The Kier molecular flexibility index (Phi) is 6.15. The van der Waals surface area contributed by atoms with Crippen LogP contribution >= 0.6 is 0 Å². The summed E-state index contributed by atoms with van der Waals surface area (Å²) in [6.07, 6.45) is 11.9. The highest BCUT2D eigenvalue weighted by molar-refractivity contribution is 5.76. The van der Waals surface area contributed by atoms with Crippen molar-refractivity contribution in [2.24, 2.45) is 0 Å². The molecule has 0 radical (unpaired) electrons. The fraction of sp³-hybridized carbons (Fsp3) is 0.938. The summed E-state index contributed by atoms with van der Waals surface area (Å²) >= 11 is 0. The summed E-state index contributed by atoms with van der Waals surface area (Å²) in [7, 11) is 0. The van der Waals surface area contributed by atoms with Gasteiger partial charge in [0.2, 0.25) is 5.91 Å². The molecule has 3 heteroatoms. The largest absolute Gasteiger partial charge is 0.338 e. The van der Waals surface area contributed by atoms with E-state index in [1.807, 2.05) is 0 Å². The smallest absolute Gasteiger partial charge is 0.222 e. The first-order valence-corrected chi connectivity index (χ1v) is 8.34. The molecule has 0 spiro atoms.